The molecule has 9 heterocycles. The number of aromatic nitrogens is 9. The van der Waals surface area contributed by atoms with Gasteiger partial charge < -0.3 is 30.5 Å². The van der Waals surface area contributed by atoms with E-state index >= 15 is 0 Å². The zero-order valence-corrected chi connectivity index (χ0v) is 54.6. The average molecular weight is 1290 g/mol. The van der Waals surface area contributed by atoms with Gasteiger partial charge in [0.15, 0.2) is 0 Å². The maximum atomic E-state index is 14.8. The van der Waals surface area contributed by atoms with Crippen LogP contribution in [0.4, 0.5) is 35.0 Å². The van der Waals surface area contributed by atoms with Crippen LogP contribution in [0.2, 0.25) is 0 Å². The quantitative estimate of drug-likeness (QED) is 0.0174. The Kier molecular flexibility index (Phi) is 28.7. The molecule has 0 saturated heterocycles. The van der Waals surface area contributed by atoms with E-state index in [1.165, 1.54) is 41.5 Å². The summed E-state index contributed by atoms with van der Waals surface area (Å²) in [7, 11) is 0. The topological polar surface area (TPSA) is 259 Å². The van der Waals surface area contributed by atoms with E-state index in [9.17, 15) is 36.7 Å². The number of anilines is 3. The van der Waals surface area contributed by atoms with Crippen LogP contribution in [0, 0.1) is 20.8 Å². The summed E-state index contributed by atoms with van der Waals surface area (Å²) in [5.74, 6) is -4.73. The number of hydrogen-bond donors (Lipinski definition) is 4. The number of hydrogen-bond acceptors (Lipinski definition) is 18. The van der Waals surface area contributed by atoms with Crippen molar-refractivity contribution < 1.29 is 51.3 Å². The molecule has 0 amide bonds. The Bertz CT molecular complexity index is 3330. The Balaban J connectivity index is 0.000000198. The number of carbonyl (C=O) groups is 4. The molecular formula is C70H92F4N12O7. The van der Waals surface area contributed by atoms with Crippen molar-refractivity contribution in [2.45, 2.75) is 218 Å². The van der Waals surface area contributed by atoms with E-state index in [1.54, 1.807) is 40.1 Å². The second-order valence-electron chi connectivity index (χ2n) is 24.4. The number of ketones is 1. The first-order valence-electron chi connectivity index (χ1n) is 33.1. The minimum Gasteiger partial charge on any atom is -0.481 e. The van der Waals surface area contributed by atoms with Gasteiger partial charge in [0.2, 0.25) is 11.8 Å². The fourth-order valence-electron chi connectivity index (χ4n) is 11.7. The molecule has 6 aromatic heterocycles. The highest BCUT2D eigenvalue weighted by atomic mass is 19.3. The first-order valence-corrected chi connectivity index (χ1v) is 33.1. The van der Waals surface area contributed by atoms with Gasteiger partial charge in [-0.2, -0.15) is 0 Å². The van der Waals surface area contributed by atoms with Crippen molar-refractivity contribution in [3.05, 3.63) is 142 Å². The first kappa shape index (κ1) is 72.3. The highest BCUT2D eigenvalue weighted by molar-refractivity contribution is 5.80. The summed E-state index contributed by atoms with van der Waals surface area (Å²) in [4.78, 5) is 86.4. The lowest BCUT2D eigenvalue weighted by molar-refractivity contribution is -0.145. The maximum absolute atomic E-state index is 14.8. The second-order valence-corrected chi connectivity index (χ2v) is 24.4. The summed E-state index contributed by atoms with van der Waals surface area (Å²) in [6.07, 6.45) is 20.7. The number of pyridine rings is 3. The van der Waals surface area contributed by atoms with Crippen molar-refractivity contribution in [1.29, 1.82) is 0 Å². The van der Waals surface area contributed by atoms with Gasteiger partial charge in [0.1, 0.15) is 40.7 Å². The van der Waals surface area contributed by atoms with E-state index in [0.717, 1.165) is 118 Å². The number of Topliss-reactive ketones (excluding diaryl/α,β-unsaturated/α-hetero) is 1. The number of carboxylic acids is 1. The SMILES string of the molecule is CCOC(=O)CC(CC(=O)CCCCc1ccc2c(n1)NCCC2)c1cnc(C)nc1.CCOC(=O)CC(CC(F)(F)CCCCc1ccc2c(n1)NCCC2)c1cnc(C)nc1.Cc1ncc(C(CC(=O)O)CC(F)(F)CCCCc2ccc3c(n2)NCCC3)cn1. The molecule has 3 unspecified atom stereocenters. The number of rotatable bonds is 32. The summed E-state index contributed by atoms with van der Waals surface area (Å²) in [5.41, 5.74) is 8.40. The number of aryl methyl sites for hydroxylation is 9. The lowest BCUT2D eigenvalue weighted by Crippen LogP contribution is -2.23. The number of carboxylic acid groups (broad SMARTS) is 1. The molecule has 3 aliphatic rings. The van der Waals surface area contributed by atoms with Crippen molar-refractivity contribution in [1.82, 2.24) is 44.9 Å². The van der Waals surface area contributed by atoms with Crippen LogP contribution in [0.25, 0.3) is 0 Å². The largest absolute Gasteiger partial charge is 0.481 e. The molecule has 19 nitrogen and oxygen atoms in total. The number of unbranched alkanes of at least 4 members (excludes halogenated alkanes) is 3. The molecule has 0 aromatic carbocycles. The fourth-order valence-corrected chi connectivity index (χ4v) is 11.7. The summed E-state index contributed by atoms with van der Waals surface area (Å²) < 4.78 is 68.8. The summed E-state index contributed by atoms with van der Waals surface area (Å²) in [6.45, 7) is 12.1. The van der Waals surface area contributed by atoms with Crippen LogP contribution < -0.4 is 16.0 Å². The summed E-state index contributed by atoms with van der Waals surface area (Å²) in [5, 5.41) is 19.1. The molecule has 0 aliphatic carbocycles. The van der Waals surface area contributed by atoms with Gasteiger partial charge in [-0.15, -0.1) is 0 Å². The fraction of sp³-hybridized carbons (Fsp3) is 0.557. The number of nitrogens with one attached hydrogen (secondary N) is 3. The monoisotopic (exact) mass is 1290 g/mol. The molecule has 502 valence electrons. The highest BCUT2D eigenvalue weighted by Gasteiger charge is 2.36. The van der Waals surface area contributed by atoms with Crippen LogP contribution >= 0.6 is 0 Å². The Labute approximate surface area is 543 Å². The third-order valence-corrected chi connectivity index (χ3v) is 16.7. The Morgan fingerprint density at radius 1 is 0.484 bits per heavy atom. The standard InChI is InChI=1S/C24H32F2N4O2.C24H32N4O3.C22H28F2N4O2/c1-3-32-22(31)13-19(20-15-28-17(2)29-16-20)14-24(25,26)11-5-4-8-21-10-9-18-7-6-12-27-23(18)30-21;1-3-31-23(30)14-19(20-15-26-17(2)27-16-20)13-22(29)9-5-4-8-21-11-10-18-7-6-12-25-24(18)28-21;1-15-26-13-18(14-27-15)17(11-20(29)30)12-22(23,24)9-3-2-6-19-8-7-16-5-4-10-25-21(16)28-19/h9-10,15-16,19H,3-8,11-14H2,1-2H3,(H,27,30);10-11,15-16,19H,3-9,12-14H2,1-2H3,(H,25,28);7-8,13-14,17H,2-6,9-12H2,1H3,(H,25,28)(H,29,30). The first-order chi connectivity index (χ1) is 44.7. The zero-order valence-electron chi connectivity index (χ0n) is 54.6. The van der Waals surface area contributed by atoms with E-state index in [2.05, 4.69) is 80.1 Å². The molecular weight excluding hydrogens is 1200 g/mol. The van der Waals surface area contributed by atoms with Gasteiger partial charge in [0, 0.05) is 130 Å². The number of nitrogens with zero attached hydrogens (tertiary/aromatic N) is 9. The molecule has 0 saturated carbocycles. The number of alkyl halides is 4. The van der Waals surface area contributed by atoms with Crippen LogP contribution in [-0.2, 0) is 67.2 Å². The van der Waals surface area contributed by atoms with Gasteiger partial charge in [0.25, 0.3) is 0 Å². The number of ether oxygens (including phenoxy) is 2. The Morgan fingerprint density at radius 2 is 0.828 bits per heavy atom. The van der Waals surface area contributed by atoms with Gasteiger partial charge in [-0.25, -0.2) is 62.4 Å². The lowest BCUT2D eigenvalue weighted by Gasteiger charge is -2.23. The van der Waals surface area contributed by atoms with E-state index in [-0.39, 0.29) is 56.4 Å². The van der Waals surface area contributed by atoms with Crippen molar-refractivity contribution in [2.75, 3.05) is 48.8 Å². The third kappa shape index (κ3) is 25.4. The molecule has 0 radical (unpaired) electrons. The van der Waals surface area contributed by atoms with Crippen LogP contribution in [0.1, 0.15) is 215 Å². The predicted octanol–water partition coefficient (Wildman–Crippen LogP) is 13.5. The number of esters is 2. The summed E-state index contributed by atoms with van der Waals surface area (Å²) in [6, 6.07) is 12.4. The summed E-state index contributed by atoms with van der Waals surface area (Å²) >= 11 is 0. The van der Waals surface area contributed by atoms with Gasteiger partial charge in [-0.1, -0.05) is 18.2 Å². The van der Waals surface area contributed by atoms with Crippen molar-refractivity contribution >= 4 is 41.1 Å². The van der Waals surface area contributed by atoms with Gasteiger partial charge in [-0.05, 0) is 183 Å². The molecule has 0 spiro atoms. The van der Waals surface area contributed by atoms with Gasteiger partial charge >= 0.3 is 17.9 Å². The number of carbonyl (C=O) groups excluding carboxylic acids is 3. The minimum atomic E-state index is -2.95. The number of fused-ring (bicyclic) bond motifs is 3. The van der Waals surface area contributed by atoms with Crippen LogP contribution in [0.5, 0.6) is 0 Å². The van der Waals surface area contributed by atoms with E-state index in [1.807, 2.05) is 19.1 Å². The molecule has 6 aromatic rings. The molecule has 9 rings (SSSR count). The predicted molar refractivity (Wildman–Crippen MR) is 348 cm³/mol. The Hall–Kier alpha value is -8.11. The van der Waals surface area contributed by atoms with Gasteiger partial charge in [0.05, 0.1) is 32.5 Å². The van der Waals surface area contributed by atoms with Crippen molar-refractivity contribution in [2.24, 2.45) is 0 Å². The molecule has 3 atom stereocenters. The van der Waals surface area contributed by atoms with Crippen LogP contribution in [0.3, 0.4) is 0 Å². The van der Waals surface area contributed by atoms with Crippen LogP contribution in [-0.4, -0.2) is 118 Å². The number of aliphatic carboxylic acids is 1. The highest BCUT2D eigenvalue weighted by Crippen LogP contribution is 2.38. The van der Waals surface area contributed by atoms with E-state index in [0.29, 0.717) is 86.6 Å². The second kappa shape index (κ2) is 37.0. The molecule has 3 aliphatic heterocycles. The molecule has 93 heavy (non-hydrogen) atoms. The van der Waals surface area contributed by atoms with Crippen molar-refractivity contribution in [3.63, 3.8) is 0 Å². The van der Waals surface area contributed by atoms with Gasteiger partial charge in [-0.3, -0.25) is 19.2 Å². The molecule has 0 bridgehead atoms. The minimum absolute atomic E-state index is 0.109. The maximum Gasteiger partial charge on any atom is 0.306 e. The molecule has 23 heteroatoms. The average Bonchev–Trinajstić information content (AvgIpc) is 1.32. The van der Waals surface area contributed by atoms with E-state index in [4.69, 9.17) is 19.6 Å². The Morgan fingerprint density at radius 3 is 1.19 bits per heavy atom. The number of halogens is 4. The molecule has 0 fully saturated rings. The molecule has 4 N–H and O–H groups in total. The van der Waals surface area contributed by atoms with Crippen molar-refractivity contribution in [3.8, 4) is 0 Å². The third-order valence-electron chi connectivity index (χ3n) is 16.7. The zero-order chi connectivity index (χ0) is 66.6. The smallest absolute Gasteiger partial charge is 0.306 e. The van der Waals surface area contributed by atoms with E-state index < -0.39 is 48.5 Å². The lowest BCUT2D eigenvalue weighted by atomic mass is 9.89. The normalized spacial score (nSPS) is 14.2. The van der Waals surface area contributed by atoms with Crippen LogP contribution in [0.15, 0.2) is 73.6 Å².